The van der Waals surface area contributed by atoms with E-state index in [1.165, 1.54) is 0 Å². The standard InChI is InChI=1S/C11H20N6O2/c12-9(15-10-6-13-2-3-14-10)5-11(16-19)17-4-1-8(18)7-17/h2-3,8,10-11,13-14,18H,1,4-7H2,(H2,12,15)/t8-,10+,11+/m1/s1. The van der Waals surface area contributed by atoms with Gasteiger partial charge in [-0.25, -0.2) is 4.99 Å². The molecule has 2 rings (SSSR count). The van der Waals surface area contributed by atoms with Gasteiger partial charge >= 0.3 is 0 Å². The average Bonchev–Trinajstić information content (AvgIpc) is 2.83. The third kappa shape index (κ3) is 3.90. The van der Waals surface area contributed by atoms with E-state index in [4.69, 9.17) is 5.73 Å². The molecule has 106 valence electrons. The zero-order chi connectivity index (χ0) is 13.7. The van der Waals surface area contributed by atoms with Crippen molar-refractivity contribution in [3.05, 3.63) is 17.3 Å². The summed E-state index contributed by atoms with van der Waals surface area (Å²) in [4.78, 5) is 17.0. The number of amidine groups is 1. The minimum Gasteiger partial charge on any atom is -0.392 e. The highest BCUT2D eigenvalue weighted by molar-refractivity contribution is 5.81. The molecule has 0 aromatic heterocycles. The number of nitrogens with zero attached hydrogens (tertiary/aromatic N) is 3. The fourth-order valence-electron chi connectivity index (χ4n) is 2.25. The number of likely N-dealkylation sites (tertiary alicyclic amines) is 1. The Morgan fingerprint density at radius 1 is 1.58 bits per heavy atom. The van der Waals surface area contributed by atoms with E-state index in [-0.39, 0.29) is 18.7 Å². The number of nitrogens with two attached hydrogens (primary N) is 1. The van der Waals surface area contributed by atoms with Gasteiger partial charge < -0.3 is 21.5 Å². The van der Waals surface area contributed by atoms with Gasteiger partial charge in [0.1, 0.15) is 6.17 Å². The van der Waals surface area contributed by atoms with Crippen molar-refractivity contribution < 1.29 is 5.11 Å². The first-order chi connectivity index (χ1) is 9.19. The van der Waals surface area contributed by atoms with Crippen molar-refractivity contribution >= 4 is 5.84 Å². The van der Waals surface area contributed by atoms with Crippen LogP contribution in [0.1, 0.15) is 12.8 Å². The first-order valence-corrected chi connectivity index (χ1v) is 6.40. The summed E-state index contributed by atoms with van der Waals surface area (Å²) < 4.78 is 0. The lowest BCUT2D eigenvalue weighted by Gasteiger charge is -2.22. The lowest BCUT2D eigenvalue weighted by atomic mass is 10.3. The number of aliphatic imine (C=N–C) groups is 1. The van der Waals surface area contributed by atoms with Crippen molar-refractivity contribution in [2.24, 2.45) is 15.9 Å². The third-order valence-corrected chi connectivity index (χ3v) is 3.25. The van der Waals surface area contributed by atoms with E-state index in [1.54, 1.807) is 12.4 Å². The van der Waals surface area contributed by atoms with E-state index >= 15 is 0 Å². The van der Waals surface area contributed by atoms with Gasteiger partial charge in [-0.15, -0.1) is 4.91 Å². The molecule has 0 amide bonds. The van der Waals surface area contributed by atoms with Crippen LogP contribution in [-0.2, 0) is 0 Å². The van der Waals surface area contributed by atoms with Crippen molar-refractivity contribution in [1.82, 2.24) is 15.5 Å². The number of rotatable bonds is 5. The van der Waals surface area contributed by atoms with Crippen LogP contribution in [0.25, 0.3) is 0 Å². The highest BCUT2D eigenvalue weighted by Crippen LogP contribution is 2.15. The van der Waals surface area contributed by atoms with Gasteiger partial charge in [0.2, 0.25) is 0 Å². The minimum absolute atomic E-state index is 0.124. The SMILES string of the molecule is NC(C[C@@H](N=O)N1CC[C@@H](O)C1)=N[C@H]1CNC=CN1. The Balaban J connectivity index is 1.88. The molecular formula is C11H20N6O2. The van der Waals surface area contributed by atoms with Crippen molar-refractivity contribution in [3.63, 3.8) is 0 Å². The number of aliphatic hydroxyl groups excluding tert-OH is 1. The number of nitrogens with one attached hydrogen (secondary N) is 2. The first-order valence-electron chi connectivity index (χ1n) is 6.40. The maximum atomic E-state index is 10.9. The predicted molar refractivity (Wildman–Crippen MR) is 72.1 cm³/mol. The summed E-state index contributed by atoms with van der Waals surface area (Å²) in [7, 11) is 0. The molecular weight excluding hydrogens is 248 g/mol. The largest absolute Gasteiger partial charge is 0.392 e. The van der Waals surface area contributed by atoms with E-state index in [9.17, 15) is 10.0 Å². The molecule has 3 atom stereocenters. The number of aliphatic hydroxyl groups is 1. The molecule has 0 aliphatic carbocycles. The first kappa shape index (κ1) is 13.8. The molecule has 8 heteroatoms. The molecule has 0 radical (unpaired) electrons. The molecule has 19 heavy (non-hydrogen) atoms. The monoisotopic (exact) mass is 268 g/mol. The summed E-state index contributed by atoms with van der Waals surface area (Å²) in [5.74, 6) is 0.389. The molecule has 0 spiro atoms. The fourth-order valence-corrected chi connectivity index (χ4v) is 2.25. The highest BCUT2D eigenvalue weighted by Gasteiger charge is 2.28. The molecule has 0 aromatic rings. The van der Waals surface area contributed by atoms with E-state index in [0.29, 0.717) is 31.9 Å². The summed E-state index contributed by atoms with van der Waals surface area (Å²) in [6.07, 6.45) is 3.47. The van der Waals surface area contributed by atoms with Crippen LogP contribution < -0.4 is 16.4 Å². The van der Waals surface area contributed by atoms with Crippen LogP contribution in [0.2, 0.25) is 0 Å². The quantitative estimate of drug-likeness (QED) is 0.285. The second kappa shape index (κ2) is 6.48. The molecule has 0 aromatic carbocycles. The Kier molecular flexibility index (Phi) is 4.69. The molecule has 2 aliphatic rings. The van der Waals surface area contributed by atoms with Gasteiger partial charge in [0, 0.05) is 31.9 Å². The zero-order valence-electron chi connectivity index (χ0n) is 10.7. The summed E-state index contributed by atoms with van der Waals surface area (Å²) in [6, 6.07) is 0. The van der Waals surface area contributed by atoms with Crippen LogP contribution in [0.5, 0.6) is 0 Å². The van der Waals surface area contributed by atoms with Crippen LogP contribution >= 0.6 is 0 Å². The van der Waals surface area contributed by atoms with Crippen LogP contribution in [-0.4, -0.2) is 53.9 Å². The summed E-state index contributed by atoms with van der Waals surface area (Å²) >= 11 is 0. The number of nitroso groups, excluding NO2 is 1. The molecule has 8 nitrogen and oxygen atoms in total. The Hall–Kier alpha value is -1.67. The molecule has 1 saturated heterocycles. The molecule has 2 heterocycles. The van der Waals surface area contributed by atoms with Crippen LogP contribution in [0.15, 0.2) is 22.6 Å². The van der Waals surface area contributed by atoms with Crippen molar-refractivity contribution in [1.29, 1.82) is 0 Å². The van der Waals surface area contributed by atoms with Crippen LogP contribution in [0.3, 0.4) is 0 Å². The van der Waals surface area contributed by atoms with Gasteiger partial charge in [0.15, 0.2) is 6.17 Å². The van der Waals surface area contributed by atoms with Crippen molar-refractivity contribution in [3.8, 4) is 0 Å². The fraction of sp³-hybridized carbons (Fsp3) is 0.727. The smallest absolute Gasteiger partial charge is 0.151 e. The van der Waals surface area contributed by atoms with E-state index in [1.807, 2.05) is 4.90 Å². The normalized spacial score (nSPS) is 29.6. The topological polar surface area (TPSA) is 115 Å². The number of β-amino-alcohol motifs (C(OH)–C–C–N with tert-alkyl or cyclic N) is 1. The van der Waals surface area contributed by atoms with Crippen molar-refractivity contribution in [2.45, 2.75) is 31.3 Å². The highest BCUT2D eigenvalue weighted by atomic mass is 16.3. The Bertz CT molecular complexity index is 372. The Morgan fingerprint density at radius 3 is 3.00 bits per heavy atom. The maximum absolute atomic E-state index is 10.9. The zero-order valence-corrected chi connectivity index (χ0v) is 10.7. The molecule has 5 N–H and O–H groups in total. The summed E-state index contributed by atoms with van der Waals surface area (Å²) in [5.41, 5.74) is 5.85. The number of hydrogen-bond donors (Lipinski definition) is 4. The molecule has 0 bridgehead atoms. The number of hydrogen-bond acceptors (Lipinski definition) is 7. The Labute approximate surface area is 111 Å². The van der Waals surface area contributed by atoms with Gasteiger partial charge in [-0.05, 0) is 6.42 Å². The third-order valence-electron chi connectivity index (χ3n) is 3.25. The van der Waals surface area contributed by atoms with Crippen molar-refractivity contribution in [2.75, 3.05) is 19.6 Å². The van der Waals surface area contributed by atoms with Gasteiger partial charge in [-0.3, -0.25) is 4.90 Å². The van der Waals surface area contributed by atoms with Gasteiger partial charge in [-0.1, -0.05) is 5.18 Å². The lowest BCUT2D eigenvalue weighted by Crippen LogP contribution is -2.40. The van der Waals surface area contributed by atoms with Gasteiger partial charge in [-0.2, -0.15) is 0 Å². The predicted octanol–water partition coefficient (Wildman–Crippen LogP) is -1.12. The molecule has 2 aliphatic heterocycles. The molecule has 1 fully saturated rings. The van der Waals surface area contributed by atoms with E-state index in [2.05, 4.69) is 20.8 Å². The summed E-state index contributed by atoms with van der Waals surface area (Å²) in [5, 5.41) is 18.6. The summed E-state index contributed by atoms with van der Waals surface area (Å²) in [6.45, 7) is 1.78. The molecule has 0 unspecified atom stereocenters. The van der Waals surface area contributed by atoms with Gasteiger partial charge in [0.05, 0.1) is 18.5 Å². The minimum atomic E-state index is -0.548. The van der Waals surface area contributed by atoms with E-state index < -0.39 is 6.17 Å². The Morgan fingerprint density at radius 2 is 2.42 bits per heavy atom. The van der Waals surface area contributed by atoms with Gasteiger partial charge in [0.25, 0.3) is 0 Å². The van der Waals surface area contributed by atoms with Crippen LogP contribution in [0.4, 0.5) is 0 Å². The lowest BCUT2D eigenvalue weighted by molar-refractivity contribution is 0.161. The van der Waals surface area contributed by atoms with Crippen LogP contribution in [0, 0.1) is 4.91 Å². The van der Waals surface area contributed by atoms with E-state index in [0.717, 1.165) is 0 Å². The average molecular weight is 268 g/mol. The second-order valence-electron chi connectivity index (χ2n) is 4.77. The second-order valence-corrected chi connectivity index (χ2v) is 4.77. The molecule has 0 saturated carbocycles. The maximum Gasteiger partial charge on any atom is 0.151 e.